The van der Waals surface area contributed by atoms with Crippen LogP contribution in [0.2, 0.25) is 0 Å². The summed E-state index contributed by atoms with van der Waals surface area (Å²) >= 11 is 0. The first-order valence-electron chi connectivity index (χ1n) is 9.40. The number of alkyl halides is 3. The van der Waals surface area contributed by atoms with Crippen molar-refractivity contribution in [3.8, 4) is 0 Å². The number of hydrogen-bond donors (Lipinski definition) is 1. The van der Waals surface area contributed by atoms with E-state index in [1.54, 1.807) is 0 Å². The van der Waals surface area contributed by atoms with Crippen LogP contribution >= 0.6 is 0 Å². The second-order valence-corrected chi connectivity index (χ2v) is 8.97. The Hall–Kier alpha value is -1.36. The van der Waals surface area contributed by atoms with Gasteiger partial charge in [0.15, 0.2) is 0 Å². The van der Waals surface area contributed by atoms with Gasteiger partial charge in [0.05, 0.1) is 11.8 Å². The summed E-state index contributed by atoms with van der Waals surface area (Å²) in [7, 11) is -5.49. The van der Waals surface area contributed by atoms with Crippen molar-refractivity contribution in [1.29, 1.82) is 0 Å². The van der Waals surface area contributed by atoms with Crippen molar-refractivity contribution in [2.75, 3.05) is 6.61 Å². The summed E-state index contributed by atoms with van der Waals surface area (Å²) in [5.74, 6) is -3.45. The molecule has 0 aromatic carbocycles. The molecule has 3 atom stereocenters. The minimum atomic E-state index is -5.49. The molecule has 0 radical (unpaired) electrons. The number of ether oxygens (including phenoxy) is 2. The molecule has 0 aliphatic heterocycles. The Kier molecular flexibility index (Phi) is 7.72. The Bertz CT molecular complexity index is 656. The Labute approximate surface area is 161 Å². The molecule has 0 saturated heterocycles. The lowest BCUT2D eigenvalue weighted by Crippen LogP contribution is -2.42. The molecule has 1 N–H and O–H groups in total. The summed E-state index contributed by atoms with van der Waals surface area (Å²) in [6.07, 6.45) is 0.806. The van der Waals surface area contributed by atoms with Crippen LogP contribution < -0.4 is 0 Å². The van der Waals surface area contributed by atoms with Gasteiger partial charge < -0.3 is 9.47 Å². The summed E-state index contributed by atoms with van der Waals surface area (Å²) in [5.41, 5.74) is 0. The summed E-state index contributed by atoms with van der Waals surface area (Å²) in [6.45, 7) is -1.55. The Morgan fingerprint density at radius 2 is 1.43 bits per heavy atom. The van der Waals surface area contributed by atoms with Gasteiger partial charge in [0, 0.05) is 0 Å². The molecule has 7 nitrogen and oxygen atoms in total. The van der Waals surface area contributed by atoms with E-state index in [9.17, 15) is 31.2 Å². The maximum Gasteiger partial charge on any atom is 0.411 e. The third-order valence-corrected chi connectivity index (χ3v) is 6.43. The number of carbonyl (C=O) groups excluding carboxylic acids is 2. The molecule has 2 fully saturated rings. The van der Waals surface area contributed by atoms with Gasteiger partial charge in [-0.25, -0.2) is 0 Å². The maximum atomic E-state index is 12.8. The van der Waals surface area contributed by atoms with Crippen LogP contribution in [-0.2, 0) is 29.2 Å². The number of rotatable bonds is 6. The predicted molar refractivity (Wildman–Crippen MR) is 90.8 cm³/mol. The van der Waals surface area contributed by atoms with Crippen LogP contribution in [0.5, 0.6) is 0 Å². The van der Waals surface area contributed by atoms with Crippen LogP contribution in [0.1, 0.15) is 57.8 Å². The molecule has 2 aliphatic carbocycles. The van der Waals surface area contributed by atoms with Gasteiger partial charge in [-0.3, -0.25) is 14.1 Å². The lowest BCUT2D eigenvalue weighted by atomic mass is 9.79. The fourth-order valence-corrected chi connectivity index (χ4v) is 4.32. The maximum absolute atomic E-state index is 12.8. The van der Waals surface area contributed by atoms with Crippen LogP contribution in [0.4, 0.5) is 13.2 Å². The second-order valence-electron chi connectivity index (χ2n) is 7.37. The van der Waals surface area contributed by atoms with Gasteiger partial charge in [-0.2, -0.15) is 21.6 Å². The number of halogens is 3. The van der Waals surface area contributed by atoms with E-state index in [0.717, 1.165) is 32.1 Å². The smallest absolute Gasteiger partial charge is 0.411 e. The number of hydrogen-bond acceptors (Lipinski definition) is 6. The molecule has 0 spiro atoms. The highest BCUT2D eigenvalue weighted by atomic mass is 32.2. The Morgan fingerprint density at radius 3 is 1.93 bits per heavy atom. The third kappa shape index (κ3) is 6.33. The normalized spacial score (nSPS) is 25.7. The van der Waals surface area contributed by atoms with Gasteiger partial charge in [0.1, 0.15) is 12.7 Å². The number of esters is 2. The van der Waals surface area contributed by atoms with E-state index in [4.69, 9.17) is 9.29 Å². The molecule has 0 aromatic heterocycles. The van der Waals surface area contributed by atoms with Gasteiger partial charge in [0.25, 0.3) is 10.1 Å². The highest BCUT2D eigenvalue weighted by Gasteiger charge is 2.50. The van der Waals surface area contributed by atoms with E-state index in [0.29, 0.717) is 19.3 Å². The van der Waals surface area contributed by atoms with E-state index >= 15 is 0 Å². The Balaban J connectivity index is 1.99. The zero-order chi connectivity index (χ0) is 20.9. The molecule has 0 bridgehead atoms. The first-order chi connectivity index (χ1) is 13.0. The van der Waals surface area contributed by atoms with Crippen LogP contribution in [0, 0.1) is 11.8 Å². The van der Waals surface area contributed by atoms with Crippen LogP contribution in [0.15, 0.2) is 0 Å². The molecule has 2 rings (SSSR count). The van der Waals surface area contributed by atoms with Crippen molar-refractivity contribution in [1.82, 2.24) is 0 Å². The van der Waals surface area contributed by atoms with E-state index in [-0.39, 0.29) is 12.5 Å². The number of carbonyl (C=O) groups is 2. The highest BCUT2D eigenvalue weighted by molar-refractivity contribution is 7.86. The SMILES string of the molecule is O=C(OCC(C(F)(F)F)S(=O)(=O)O)C1CCCCC1C(=O)OC1CCCCC1. The Morgan fingerprint density at radius 1 is 0.929 bits per heavy atom. The minimum absolute atomic E-state index is 0.214. The monoisotopic (exact) mass is 430 g/mol. The molecule has 0 heterocycles. The first-order valence-corrected chi connectivity index (χ1v) is 10.9. The molecule has 2 saturated carbocycles. The first kappa shape index (κ1) is 22.9. The van der Waals surface area contributed by atoms with E-state index < -0.39 is 51.9 Å². The van der Waals surface area contributed by atoms with Crippen LogP contribution in [0.3, 0.4) is 0 Å². The van der Waals surface area contributed by atoms with E-state index in [1.165, 1.54) is 0 Å². The van der Waals surface area contributed by atoms with Gasteiger partial charge in [-0.05, 0) is 38.5 Å². The summed E-state index contributed by atoms with van der Waals surface area (Å²) in [5, 5.41) is -3.22. The molecule has 11 heteroatoms. The fourth-order valence-electron chi connectivity index (χ4n) is 3.74. The molecule has 28 heavy (non-hydrogen) atoms. The molecular formula is C17H25F3O7S. The summed E-state index contributed by atoms with van der Waals surface area (Å²) in [6, 6.07) is 0. The van der Waals surface area contributed by atoms with Crippen molar-refractivity contribution in [3.05, 3.63) is 0 Å². The quantitative estimate of drug-likeness (QED) is 0.510. The van der Waals surface area contributed by atoms with E-state index in [1.807, 2.05) is 0 Å². The fraction of sp³-hybridized carbons (Fsp3) is 0.882. The molecule has 2 aliphatic rings. The predicted octanol–water partition coefficient (Wildman–Crippen LogP) is 3.03. The summed E-state index contributed by atoms with van der Waals surface area (Å²) < 4.78 is 79.0. The van der Waals surface area contributed by atoms with Crippen molar-refractivity contribution in [2.24, 2.45) is 11.8 Å². The van der Waals surface area contributed by atoms with Gasteiger partial charge in [-0.1, -0.05) is 19.3 Å². The topological polar surface area (TPSA) is 107 Å². The molecule has 0 aromatic rings. The molecular weight excluding hydrogens is 405 g/mol. The molecule has 162 valence electrons. The van der Waals surface area contributed by atoms with Gasteiger partial charge >= 0.3 is 18.1 Å². The molecule has 0 amide bonds. The van der Waals surface area contributed by atoms with Crippen molar-refractivity contribution < 1.29 is 45.2 Å². The van der Waals surface area contributed by atoms with Crippen LogP contribution in [0.25, 0.3) is 0 Å². The standard InChI is InChI=1S/C17H25F3O7S/c18-17(19,20)14(28(23,24)25)10-26-15(21)12-8-4-5-9-13(12)16(22)27-11-6-2-1-3-7-11/h11-14H,1-10H2,(H,23,24,25). The summed E-state index contributed by atoms with van der Waals surface area (Å²) in [4.78, 5) is 24.8. The minimum Gasteiger partial charge on any atom is -0.464 e. The lowest BCUT2D eigenvalue weighted by molar-refractivity contribution is -0.171. The average molecular weight is 430 g/mol. The van der Waals surface area contributed by atoms with Gasteiger partial charge in [0.2, 0.25) is 5.25 Å². The van der Waals surface area contributed by atoms with Crippen LogP contribution in [-0.4, -0.2) is 49.0 Å². The highest BCUT2D eigenvalue weighted by Crippen LogP contribution is 2.34. The van der Waals surface area contributed by atoms with E-state index in [2.05, 4.69) is 4.74 Å². The van der Waals surface area contributed by atoms with Crippen molar-refractivity contribution >= 4 is 22.1 Å². The lowest BCUT2D eigenvalue weighted by Gasteiger charge is -2.31. The molecule has 3 unspecified atom stereocenters. The van der Waals surface area contributed by atoms with Crippen molar-refractivity contribution in [3.63, 3.8) is 0 Å². The zero-order valence-electron chi connectivity index (χ0n) is 15.3. The zero-order valence-corrected chi connectivity index (χ0v) is 16.1. The largest absolute Gasteiger partial charge is 0.464 e. The second kappa shape index (κ2) is 9.43. The van der Waals surface area contributed by atoms with Gasteiger partial charge in [-0.15, -0.1) is 0 Å². The average Bonchev–Trinajstić information content (AvgIpc) is 2.60. The third-order valence-electron chi connectivity index (χ3n) is 5.31. The van der Waals surface area contributed by atoms with Crippen molar-refractivity contribution in [2.45, 2.75) is 75.3 Å².